The fourth-order valence-corrected chi connectivity index (χ4v) is 4.87. The van der Waals surface area contributed by atoms with E-state index >= 15 is 0 Å². The summed E-state index contributed by atoms with van der Waals surface area (Å²) in [5, 5.41) is 2.97. The van der Waals surface area contributed by atoms with E-state index in [1.54, 1.807) is 6.07 Å². The fourth-order valence-electron chi connectivity index (χ4n) is 3.17. The highest BCUT2D eigenvalue weighted by atomic mass is 32.2. The van der Waals surface area contributed by atoms with Crippen LogP contribution in [0.1, 0.15) is 49.9 Å². The molecule has 0 saturated carbocycles. The molecule has 0 unspecified atom stereocenters. The fraction of sp³-hybridized carbons (Fsp3) is 0.611. The highest BCUT2D eigenvalue weighted by Crippen LogP contribution is 2.30. The molecule has 1 saturated heterocycles. The van der Waals surface area contributed by atoms with Gasteiger partial charge in [-0.3, -0.25) is 4.79 Å². The molecule has 146 valence electrons. The van der Waals surface area contributed by atoms with E-state index in [-0.39, 0.29) is 22.1 Å². The Morgan fingerprint density at radius 1 is 1.27 bits per heavy atom. The lowest BCUT2D eigenvalue weighted by atomic mass is 9.92. The molecule has 0 aliphatic carbocycles. The van der Waals surface area contributed by atoms with Gasteiger partial charge in [0.05, 0.1) is 12.6 Å². The third-order valence-corrected chi connectivity index (χ3v) is 7.15. The minimum Gasteiger partial charge on any atom is -0.495 e. The van der Waals surface area contributed by atoms with Crippen LogP contribution in [-0.2, 0) is 10.0 Å². The Morgan fingerprint density at radius 2 is 1.88 bits per heavy atom. The van der Waals surface area contributed by atoms with E-state index in [1.807, 2.05) is 13.8 Å². The molecule has 0 atom stereocenters. The molecular weight excluding hydrogens is 354 g/mol. The minimum atomic E-state index is -3.69. The molecule has 1 heterocycles. The van der Waals surface area contributed by atoms with Gasteiger partial charge in [0.2, 0.25) is 10.0 Å². The Labute approximate surface area is 155 Å². The lowest BCUT2D eigenvalue weighted by Gasteiger charge is -2.31. The van der Waals surface area contributed by atoms with Crippen LogP contribution in [0.2, 0.25) is 0 Å². The summed E-state index contributed by atoms with van der Waals surface area (Å²) in [4.78, 5) is 12.7. The molecule has 1 amide bonds. The quantitative estimate of drug-likeness (QED) is 0.712. The van der Waals surface area contributed by atoms with E-state index in [9.17, 15) is 13.2 Å². The summed E-state index contributed by atoms with van der Waals surface area (Å²) in [5.74, 6) is -0.0933. The summed E-state index contributed by atoms with van der Waals surface area (Å²) in [7, 11) is -2.27. The van der Waals surface area contributed by atoms with Crippen molar-refractivity contribution < 1.29 is 17.9 Å². The maximum absolute atomic E-state index is 12.9. The van der Waals surface area contributed by atoms with Crippen LogP contribution in [0.25, 0.3) is 0 Å². The predicted octanol–water partition coefficient (Wildman–Crippen LogP) is 1.73. The van der Waals surface area contributed by atoms with Crippen molar-refractivity contribution in [3.63, 3.8) is 0 Å². The van der Waals surface area contributed by atoms with E-state index in [0.29, 0.717) is 32.5 Å². The van der Waals surface area contributed by atoms with E-state index in [4.69, 9.17) is 10.5 Å². The van der Waals surface area contributed by atoms with Crippen molar-refractivity contribution in [1.29, 1.82) is 0 Å². The first-order chi connectivity index (χ1) is 12.3. The third-order valence-electron chi connectivity index (χ3n) is 5.23. The van der Waals surface area contributed by atoms with Crippen LogP contribution in [0.5, 0.6) is 5.75 Å². The van der Waals surface area contributed by atoms with Crippen LogP contribution in [0.3, 0.4) is 0 Å². The molecule has 1 aromatic rings. The molecule has 1 aliphatic heterocycles. The van der Waals surface area contributed by atoms with Gasteiger partial charge in [-0.1, -0.05) is 13.8 Å². The maximum Gasteiger partial charge on any atom is 0.251 e. The summed E-state index contributed by atoms with van der Waals surface area (Å²) in [6, 6.07) is 4.50. The first kappa shape index (κ1) is 20.7. The molecule has 7 nitrogen and oxygen atoms in total. The smallest absolute Gasteiger partial charge is 0.251 e. The molecule has 0 bridgehead atoms. The number of carbonyl (C=O) groups is 1. The summed E-state index contributed by atoms with van der Waals surface area (Å²) >= 11 is 0. The Morgan fingerprint density at radius 3 is 2.38 bits per heavy atom. The Bertz CT molecular complexity index is 731. The second kappa shape index (κ2) is 8.37. The second-order valence-electron chi connectivity index (χ2n) is 6.62. The van der Waals surface area contributed by atoms with Crippen molar-refractivity contribution >= 4 is 15.9 Å². The van der Waals surface area contributed by atoms with Crippen LogP contribution in [0, 0.1) is 0 Å². The number of nitrogens with two attached hydrogens (primary N) is 1. The summed E-state index contributed by atoms with van der Waals surface area (Å²) < 4.78 is 32.5. The van der Waals surface area contributed by atoms with Gasteiger partial charge in [0.15, 0.2) is 0 Å². The molecule has 1 aliphatic rings. The topological polar surface area (TPSA) is 102 Å². The van der Waals surface area contributed by atoms with Gasteiger partial charge in [-0.15, -0.1) is 0 Å². The number of rotatable bonds is 8. The minimum absolute atomic E-state index is 0.0286. The summed E-state index contributed by atoms with van der Waals surface area (Å²) in [6.45, 7) is 5.23. The average Bonchev–Trinajstić information content (AvgIpc) is 3.21. The number of amides is 1. The standard InChI is InChI=1S/C18H29N3O4S/c1-4-18(5-2,13-19)20-17(22)14-8-9-15(25-3)16(12-14)26(23,24)21-10-6-7-11-21/h8-9,12H,4-7,10-11,13,19H2,1-3H3,(H,20,22). The molecule has 0 radical (unpaired) electrons. The molecule has 3 N–H and O–H groups in total. The number of sulfonamides is 1. The molecule has 26 heavy (non-hydrogen) atoms. The summed E-state index contributed by atoms with van der Waals surface area (Å²) in [5.41, 5.74) is 5.63. The number of benzene rings is 1. The monoisotopic (exact) mass is 383 g/mol. The van der Waals surface area contributed by atoms with Gasteiger partial charge in [0.1, 0.15) is 10.6 Å². The van der Waals surface area contributed by atoms with E-state index < -0.39 is 15.6 Å². The number of nitrogens with one attached hydrogen (secondary N) is 1. The highest BCUT2D eigenvalue weighted by Gasteiger charge is 2.32. The van der Waals surface area contributed by atoms with Gasteiger partial charge >= 0.3 is 0 Å². The Kier molecular flexibility index (Phi) is 6.65. The van der Waals surface area contributed by atoms with Gasteiger partial charge < -0.3 is 15.8 Å². The lowest BCUT2D eigenvalue weighted by molar-refractivity contribution is 0.0895. The van der Waals surface area contributed by atoms with Crippen LogP contribution in [0.15, 0.2) is 23.1 Å². The average molecular weight is 384 g/mol. The van der Waals surface area contributed by atoms with Gasteiger partial charge in [-0.05, 0) is 43.9 Å². The Hall–Kier alpha value is -1.64. The van der Waals surface area contributed by atoms with Crippen molar-refractivity contribution in [3.8, 4) is 5.75 Å². The van der Waals surface area contributed by atoms with Crippen LogP contribution >= 0.6 is 0 Å². The van der Waals surface area contributed by atoms with Gasteiger partial charge in [0, 0.05) is 25.2 Å². The zero-order valence-electron chi connectivity index (χ0n) is 15.7. The second-order valence-corrected chi connectivity index (χ2v) is 8.53. The molecule has 0 aromatic heterocycles. The molecule has 0 spiro atoms. The van der Waals surface area contributed by atoms with Crippen molar-refractivity contribution in [2.24, 2.45) is 5.73 Å². The molecular formula is C18H29N3O4S. The molecule has 1 aromatic carbocycles. The first-order valence-corrected chi connectivity index (χ1v) is 10.5. The van der Waals surface area contributed by atoms with Crippen molar-refractivity contribution in [3.05, 3.63) is 23.8 Å². The van der Waals surface area contributed by atoms with Crippen molar-refractivity contribution in [1.82, 2.24) is 9.62 Å². The van der Waals surface area contributed by atoms with Gasteiger partial charge in [-0.2, -0.15) is 4.31 Å². The molecule has 2 rings (SSSR count). The van der Waals surface area contributed by atoms with Gasteiger partial charge in [-0.25, -0.2) is 8.42 Å². The number of hydrogen-bond donors (Lipinski definition) is 2. The number of ether oxygens (including phenoxy) is 1. The number of carbonyl (C=O) groups excluding carboxylic acids is 1. The van der Waals surface area contributed by atoms with E-state index in [2.05, 4.69) is 5.32 Å². The SMILES string of the molecule is CCC(CC)(CN)NC(=O)c1ccc(OC)c(S(=O)(=O)N2CCCC2)c1. The summed E-state index contributed by atoms with van der Waals surface area (Å²) in [6.07, 6.45) is 3.07. The molecule has 1 fully saturated rings. The number of hydrogen-bond acceptors (Lipinski definition) is 5. The first-order valence-electron chi connectivity index (χ1n) is 9.04. The predicted molar refractivity (Wildman–Crippen MR) is 101 cm³/mol. The largest absolute Gasteiger partial charge is 0.495 e. The van der Waals surface area contributed by atoms with Crippen LogP contribution in [0.4, 0.5) is 0 Å². The van der Waals surface area contributed by atoms with Crippen LogP contribution in [-0.4, -0.2) is 50.9 Å². The van der Waals surface area contributed by atoms with Gasteiger partial charge in [0.25, 0.3) is 5.91 Å². The molecule has 8 heteroatoms. The third kappa shape index (κ3) is 4.02. The van der Waals surface area contributed by atoms with E-state index in [1.165, 1.54) is 23.5 Å². The maximum atomic E-state index is 12.9. The Balaban J connectivity index is 2.39. The lowest BCUT2D eigenvalue weighted by Crippen LogP contribution is -2.52. The number of methoxy groups -OCH3 is 1. The zero-order valence-corrected chi connectivity index (χ0v) is 16.6. The normalized spacial score (nSPS) is 15.8. The van der Waals surface area contributed by atoms with Crippen molar-refractivity contribution in [2.45, 2.75) is 50.0 Å². The zero-order chi connectivity index (χ0) is 19.4. The highest BCUT2D eigenvalue weighted by molar-refractivity contribution is 7.89. The van der Waals surface area contributed by atoms with Crippen molar-refractivity contribution in [2.75, 3.05) is 26.7 Å². The number of nitrogens with zero attached hydrogens (tertiary/aromatic N) is 1. The van der Waals surface area contributed by atoms with Crippen LogP contribution < -0.4 is 15.8 Å². The van der Waals surface area contributed by atoms with E-state index in [0.717, 1.165) is 12.8 Å².